The van der Waals surface area contributed by atoms with Gasteiger partial charge in [-0.25, -0.2) is 0 Å². The van der Waals surface area contributed by atoms with Gasteiger partial charge in [0, 0.05) is 0 Å². The number of rotatable bonds is 12. The summed E-state index contributed by atoms with van der Waals surface area (Å²) in [7, 11) is 0. The number of nitrogens with two attached hydrogens (primary N) is 1. The van der Waals surface area contributed by atoms with E-state index in [1.54, 1.807) is 0 Å². The highest BCUT2D eigenvalue weighted by Gasteiger charge is 2.35. The number of hydrogen-bond acceptors (Lipinski definition) is 7. The van der Waals surface area contributed by atoms with Crippen LogP contribution in [0.4, 0.5) is 0 Å². The molecule has 1 aliphatic rings. The van der Waals surface area contributed by atoms with E-state index >= 15 is 0 Å². The lowest BCUT2D eigenvalue weighted by molar-refractivity contribution is -0.139. The quantitative estimate of drug-likeness (QED) is 0.343. The lowest BCUT2D eigenvalue weighted by Gasteiger charge is -2.34. The molecule has 0 aromatic heterocycles. The van der Waals surface area contributed by atoms with Crippen LogP contribution in [0.5, 0.6) is 23.0 Å². The number of fused-ring (bicyclic) bond motifs is 2. The second kappa shape index (κ2) is 17.6. The van der Waals surface area contributed by atoms with E-state index in [0.717, 1.165) is 19.3 Å². The molecule has 0 atom stereocenters. The predicted molar refractivity (Wildman–Crippen MR) is 151 cm³/mol. The van der Waals surface area contributed by atoms with E-state index in [1.807, 2.05) is 48.5 Å². The number of ether oxygens (including phenoxy) is 6. The van der Waals surface area contributed by atoms with Gasteiger partial charge in [-0.3, -0.25) is 4.79 Å². The van der Waals surface area contributed by atoms with Crippen LogP contribution >= 0.6 is 0 Å². The number of amides is 1. The van der Waals surface area contributed by atoms with Gasteiger partial charge in [0.1, 0.15) is 38.6 Å². The summed E-state index contributed by atoms with van der Waals surface area (Å²) in [5.74, 6) is 1.88. The topological polar surface area (TPSA) is 98.5 Å². The average Bonchev–Trinajstić information content (AvgIpc) is 2.95. The molecule has 0 saturated heterocycles. The van der Waals surface area contributed by atoms with Crippen LogP contribution in [0.1, 0.15) is 64.7 Å². The maximum atomic E-state index is 11.8. The third-order valence-corrected chi connectivity index (χ3v) is 6.66. The van der Waals surface area contributed by atoms with Crippen LogP contribution in [0, 0.1) is 0 Å². The zero-order valence-electron chi connectivity index (χ0n) is 23.4. The number of para-hydroxylation sites is 4. The summed E-state index contributed by atoms with van der Waals surface area (Å²) in [4.78, 5) is 11.8. The number of benzene rings is 2. The van der Waals surface area contributed by atoms with E-state index in [2.05, 4.69) is 6.92 Å². The minimum absolute atomic E-state index is 0.163. The van der Waals surface area contributed by atoms with Crippen LogP contribution < -0.4 is 24.7 Å². The Hall–Kier alpha value is -2.97. The van der Waals surface area contributed by atoms with Crippen LogP contribution in [0.25, 0.3) is 0 Å². The molecule has 0 spiro atoms. The van der Waals surface area contributed by atoms with Gasteiger partial charge in [0.05, 0.1) is 13.2 Å². The van der Waals surface area contributed by atoms with Crippen LogP contribution in [0.2, 0.25) is 0 Å². The fourth-order valence-corrected chi connectivity index (χ4v) is 4.47. The van der Waals surface area contributed by atoms with Crippen LogP contribution in [-0.4, -0.2) is 57.8 Å². The van der Waals surface area contributed by atoms with Crippen molar-refractivity contribution < 1.29 is 33.2 Å². The lowest BCUT2D eigenvalue weighted by Crippen LogP contribution is -2.46. The van der Waals surface area contributed by atoms with Gasteiger partial charge in [0.15, 0.2) is 23.0 Å². The summed E-state index contributed by atoms with van der Waals surface area (Å²) in [6.45, 7) is 3.92. The molecule has 1 aliphatic heterocycles. The van der Waals surface area contributed by atoms with Gasteiger partial charge >= 0.3 is 0 Å². The molecule has 2 N–H and O–H groups in total. The van der Waals surface area contributed by atoms with Crippen molar-refractivity contribution in [1.82, 2.24) is 0 Å². The molecule has 216 valence electrons. The standard InChI is InChI=1S/C31H45NO7/c1-2-3-4-5-6-7-8-13-18-31(39-23-30(32)33)24-37-28-16-11-9-14-26(28)35-21-19-34-20-22-36-27-15-10-12-17-29(27)38-25-31/h9-12,14-17H,2-8,13,18-25H2,1H3,(H2,32,33). The molecule has 8 heteroatoms. The SMILES string of the molecule is CCCCCCCCCCC1(OCC(N)=O)COc2ccccc2OCCOCCOc2ccccc2OC1. The maximum absolute atomic E-state index is 11.8. The summed E-state index contributed by atoms with van der Waals surface area (Å²) in [5.41, 5.74) is 4.60. The minimum atomic E-state index is -0.905. The molecule has 0 unspecified atom stereocenters. The van der Waals surface area contributed by atoms with Crippen molar-refractivity contribution in [2.75, 3.05) is 46.2 Å². The van der Waals surface area contributed by atoms with Crippen molar-refractivity contribution in [3.05, 3.63) is 48.5 Å². The lowest BCUT2D eigenvalue weighted by atomic mass is 9.96. The Balaban J connectivity index is 1.79. The smallest absolute Gasteiger partial charge is 0.243 e. The van der Waals surface area contributed by atoms with Crippen molar-refractivity contribution in [1.29, 1.82) is 0 Å². The van der Waals surface area contributed by atoms with E-state index in [9.17, 15) is 4.79 Å². The highest BCUT2D eigenvalue weighted by Crippen LogP contribution is 2.32. The predicted octanol–water partition coefficient (Wildman–Crippen LogP) is 5.70. The summed E-state index contributed by atoms with van der Waals surface area (Å²) >= 11 is 0. The molecule has 1 heterocycles. The van der Waals surface area contributed by atoms with Gasteiger partial charge < -0.3 is 34.2 Å². The van der Waals surface area contributed by atoms with E-state index in [1.165, 1.54) is 32.1 Å². The molecule has 0 aliphatic carbocycles. The van der Waals surface area contributed by atoms with E-state index in [0.29, 0.717) is 55.8 Å². The van der Waals surface area contributed by atoms with E-state index < -0.39 is 11.5 Å². The minimum Gasteiger partial charge on any atom is -0.487 e. The largest absolute Gasteiger partial charge is 0.487 e. The van der Waals surface area contributed by atoms with Crippen LogP contribution in [-0.2, 0) is 14.3 Å². The molecule has 39 heavy (non-hydrogen) atoms. The fraction of sp³-hybridized carbons (Fsp3) is 0.581. The van der Waals surface area contributed by atoms with Crippen molar-refractivity contribution >= 4 is 5.91 Å². The number of hydrogen-bond donors (Lipinski definition) is 1. The van der Waals surface area contributed by atoms with E-state index in [4.69, 9.17) is 34.2 Å². The average molecular weight is 544 g/mol. The van der Waals surface area contributed by atoms with Crippen molar-refractivity contribution in [3.8, 4) is 23.0 Å². The highest BCUT2D eigenvalue weighted by atomic mass is 16.6. The van der Waals surface area contributed by atoms with Crippen molar-refractivity contribution in [2.24, 2.45) is 5.73 Å². The second-order valence-corrected chi connectivity index (χ2v) is 9.94. The van der Waals surface area contributed by atoms with Gasteiger partial charge in [-0.05, 0) is 30.7 Å². The Morgan fingerprint density at radius 1 is 0.718 bits per heavy atom. The molecule has 3 rings (SSSR count). The number of unbranched alkanes of at least 4 members (excludes halogenated alkanes) is 7. The summed E-state index contributed by atoms with van der Waals surface area (Å²) in [5, 5.41) is 0. The molecule has 0 radical (unpaired) electrons. The third kappa shape index (κ3) is 11.3. The Kier molecular flexibility index (Phi) is 13.8. The molecule has 8 nitrogen and oxygen atoms in total. The highest BCUT2D eigenvalue weighted by molar-refractivity contribution is 5.75. The molecule has 1 amide bonds. The maximum Gasteiger partial charge on any atom is 0.243 e. The summed E-state index contributed by atoms with van der Waals surface area (Å²) in [6, 6.07) is 15.0. The number of carbonyl (C=O) groups is 1. The molecule has 2 aromatic carbocycles. The van der Waals surface area contributed by atoms with Crippen molar-refractivity contribution in [2.45, 2.75) is 70.3 Å². The van der Waals surface area contributed by atoms with E-state index in [-0.39, 0.29) is 19.8 Å². The molecule has 0 saturated carbocycles. The fourth-order valence-electron chi connectivity index (χ4n) is 4.47. The van der Waals surface area contributed by atoms with Gasteiger partial charge in [-0.15, -0.1) is 0 Å². The zero-order valence-corrected chi connectivity index (χ0v) is 23.4. The van der Waals surface area contributed by atoms with Gasteiger partial charge in [0.25, 0.3) is 0 Å². The van der Waals surface area contributed by atoms with Crippen molar-refractivity contribution in [3.63, 3.8) is 0 Å². The molecule has 2 aromatic rings. The monoisotopic (exact) mass is 543 g/mol. The Morgan fingerprint density at radius 2 is 1.18 bits per heavy atom. The number of primary amides is 1. The zero-order chi connectivity index (χ0) is 27.6. The Labute approximate surface area is 233 Å². The first kappa shape index (κ1) is 30.6. The first-order valence-electron chi connectivity index (χ1n) is 14.3. The normalized spacial score (nSPS) is 15.9. The summed E-state index contributed by atoms with van der Waals surface area (Å²) in [6.07, 6.45) is 10.1. The Bertz CT molecular complexity index is 912. The van der Waals surface area contributed by atoms with Gasteiger partial charge in [0.2, 0.25) is 5.91 Å². The third-order valence-electron chi connectivity index (χ3n) is 6.66. The molecule has 0 fully saturated rings. The molecular formula is C31H45NO7. The number of carbonyl (C=O) groups excluding carboxylic acids is 1. The second-order valence-electron chi connectivity index (χ2n) is 9.94. The van der Waals surface area contributed by atoms with Crippen LogP contribution in [0.15, 0.2) is 48.5 Å². The molecular weight excluding hydrogens is 498 g/mol. The Morgan fingerprint density at radius 3 is 1.67 bits per heavy atom. The first-order chi connectivity index (χ1) is 19.1. The van der Waals surface area contributed by atoms with Gasteiger partial charge in [-0.2, -0.15) is 0 Å². The van der Waals surface area contributed by atoms with Crippen LogP contribution in [0.3, 0.4) is 0 Å². The van der Waals surface area contributed by atoms with Gasteiger partial charge in [-0.1, -0.05) is 82.6 Å². The first-order valence-corrected chi connectivity index (χ1v) is 14.3. The summed E-state index contributed by atoms with van der Waals surface area (Å²) < 4.78 is 36.3. The molecule has 0 bridgehead atoms.